The molecule has 1 fully saturated rings. The van der Waals surface area contributed by atoms with Gasteiger partial charge in [-0.2, -0.15) is 13.2 Å². The zero-order valence-corrected chi connectivity index (χ0v) is 20.3. The number of alkyl halides is 3. The molecule has 0 radical (unpaired) electrons. The number of carboxylic acid groups (broad SMARTS) is 1. The predicted octanol–water partition coefficient (Wildman–Crippen LogP) is 3.91. The van der Waals surface area contributed by atoms with Gasteiger partial charge in [-0.3, -0.25) is 9.78 Å². The van der Waals surface area contributed by atoms with Crippen LogP contribution in [0.25, 0.3) is 0 Å². The molecule has 14 heteroatoms. The SMILES string of the molecule is O=C(O)CCn1nnnc1SC1CCN(C(=O)Oc2ccc(Cc3ccc(C(F)(F)F)cn3)cc2)CC1. The third kappa shape index (κ3) is 7.41. The van der Waals surface area contributed by atoms with E-state index in [1.165, 1.54) is 22.5 Å². The molecule has 4 rings (SSSR count). The fourth-order valence-corrected chi connectivity index (χ4v) is 4.75. The summed E-state index contributed by atoms with van der Waals surface area (Å²) in [5, 5.41) is 21.0. The van der Waals surface area contributed by atoms with Crippen LogP contribution in [-0.4, -0.2) is 65.6 Å². The van der Waals surface area contributed by atoms with Crippen LogP contribution >= 0.6 is 11.8 Å². The Morgan fingerprint density at radius 2 is 1.84 bits per heavy atom. The van der Waals surface area contributed by atoms with E-state index in [0.717, 1.165) is 17.8 Å². The number of nitrogens with zero attached hydrogens (tertiary/aromatic N) is 6. The number of aromatic nitrogens is 5. The summed E-state index contributed by atoms with van der Waals surface area (Å²) in [6, 6.07) is 9.09. The molecule has 0 atom stereocenters. The van der Waals surface area contributed by atoms with E-state index in [-0.39, 0.29) is 18.2 Å². The highest BCUT2D eigenvalue weighted by Crippen LogP contribution is 2.30. The average Bonchev–Trinajstić information content (AvgIpc) is 3.31. The maximum absolute atomic E-state index is 12.7. The summed E-state index contributed by atoms with van der Waals surface area (Å²) in [5.74, 6) is -0.563. The molecule has 10 nitrogen and oxygen atoms in total. The Labute approximate surface area is 213 Å². The number of hydrogen-bond donors (Lipinski definition) is 1. The normalized spacial score (nSPS) is 14.5. The molecule has 1 saturated heterocycles. The number of carboxylic acids is 1. The first-order chi connectivity index (χ1) is 17.7. The molecule has 37 heavy (non-hydrogen) atoms. The molecule has 1 N–H and O–H groups in total. The van der Waals surface area contributed by atoms with Crippen LogP contribution in [0.2, 0.25) is 0 Å². The monoisotopic (exact) mass is 536 g/mol. The highest BCUT2D eigenvalue weighted by molar-refractivity contribution is 7.99. The number of tetrazole rings is 1. The van der Waals surface area contributed by atoms with Gasteiger partial charge in [0.2, 0.25) is 5.16 Å². The highest BCUT2D eigenvalue weighted by Gasteiger charge is 2.30. The number of ether oxygens (including phenoxy) is 1. The predicted molar refractivity (Wildman–Crippen MR) is 125 cm³/mol. The summed E-state index contributed by atoms with van der Waals surface area (Å²) in [5.41, 5.74) is 0.516. The van der Waals surface area contributed by atoms with Gasteiger partial charge in [-0.1, -0.05) is 23.9 Å². The van der Waals surface area contributed by atoms with Gasteiger partial charge in [-0.25, -0.2) is 9.48 Å². The molecule has 0 unspecified atom stereocenters. The number of aryl methyl sites for hydroxylation is 1. The van der Waals surface area contributed by atoms with Crippen molar-refractivity contribution in [1.82, 2.24) is 30.1 Å². The number of rotatable bonds is 8. The molecular formula is C23H23F3N6O4S. The maximum Gasteiger partial charge on any atom is 0.417 e. The number of amides is 1. The number of benzene rings is 1. The number of halogens is 3. The van der Waals surface area contributed by atoms with Gasteiger partial charge >= 0.3 is 18.2 Å². The van der Waals surface area contributed by atoms with Crippen LogP contribution in [-0.2, 0) is 23.9 Å². The van der Waals surface area contributed by atoms with Crippen LogP contribution in [0.5, 0.6) is 5.75 Å². The zero-order chi connectivity index (χ0) is 26.4. The number of piperidine rings is 1. The van der Waals surface area contributed by atoms with Gasteiger partial charge in [0.05, 0.1) is 18.5 Å². The van der Waals surface area contributed by atoms with Crippen LogP contribution in [0.4, 0.5) is 18.0 Å². The Morgan fingerprint density at radius 3 is 2.46 bits per heavy atom. The number of pyridine rings is 1. The summed E-state index contributed by atoms with van der Waals surface area (Å²) in [6.45, 7) is 1.17. The van der Waals surface area contributed by atoms with Gasteiger partial charge in [0.25, 0.3) is 0 Å². The van der Waals surface area contributed by atoms with E-state index in [2.05, 4.69) is 20.5 Å². The van der Waals surface area contributed by atoms with Crippen molar-refractivity contribution in [2.24, 2.45) is 0 Å². The van der Waals surface area contributed by atoms with Crippen LogP contribution in [0, 0.1) is 0 Å². The Kier molecular flexibility index (Phi) is 8.26. The zero-order valence-electron chi connectivity index (χ0n) is 19.5. The minimum atomic E-state index is -4.42. The molecule has 1 aromatic carbocycles. The van der Waals surface area contributed by atoms with Gasteiger partial charge in [0.15, 0.2) is 0 Å². The van der Waals surface area contributed by atoms with Crippen molar-refractivity contribution in [3.63, 3.8) is 0 Å². The third-order valence-electron chi connectivity index (χ3n) is 5.67. The number of thioether (sulfide) groups is 1. The molecule has 1 amide bonds. The van der Waals surface area contributed by atoms with E-state index in [0.29, 0.717) is 49.0 Å². The van der Waals surface area contributed by atoms with Gasteiger partial charge in [0.1, 0.15) is 5.75 Å². The average molecular weight is 537 g/mol. The summed E-state index contributed by atoms with van der Waals surface area (Å²) in [7, 11) is 0. The lowest BCUT2D eigenvalue weighted by atomic mass is 10.1. The fraction of sp³-hybridized carbons (Fsp3) is 0.391. The molecule has 3 heterocycles. The fourth-order valence-electron chi connectivity index (χ4n) is 3.67. The molecule has 1 aliphatic heterocycles. The van der Waals surface area contributed by atoms with Crippen molar-refractivity contribution in [1.29, 1.82) is 0 Å². The van der Waals surface area contributed by atoms with Gasteiger partial charge < -0.3 is 14.7 Å². The van der Waals surface area contributed by atoms with E-state index >= 15 is 0 Å². The van der Waals surface area contributed by atoms with Crippen molar-refractivity contribution in [3.05, 3.63) is 59.4 Å². The van der Waals surface area contributed by atoms with E-state index < -0.39 is 23.8 Å². The van der Waals surface area contributed by atoms with Crippen molar-refractivity contribution >= 4 is 23.8 Å². The number of carbonyl (C=O) groups excluding carboxylic acids is 1. The molecule has 2 aromatic heterocycles. The van der Waals surface area contributed by atoms with Crippen molar-refractivity contribution in [3.8, 4) is 5.75 Å². The smallest absolute Gasteiger partial charge is 0.417 e. The molecular weight excluding hydrogens is 513 g/mol. The number of hydrogen-bond acceptors (Lipinski definition) is 8. The maximum atomic E-state index is 12.7. The second-order valence-electron chi connectivity index (χ2n) is 8.36. The minimum Gasteiger partial charge on any atom is -0.481 e. The standard InChI is InChI=1S/C23H23F3N6O4S/c24-23(25,26)16-3-4-17(27-14-16)13-15-1-5-18(6-2-15)36-22(35)31-10-7-19(8-11-31)37-21-28-29-30-32(21)12-9-20(33)34/h1-6,14,19H,7-13H2,(H,33,34). The molecule has 0 spiro atoms. The van der Waals surface area contributed by atoms with Gasteiger partial charge in [-0.05, 0) is 53.1 Å². The Bertz CT molecular complexity index is 1210. The lowest BCUT2D eigenvalue weighted by Crippen LogP contribution is -2.41. The molecule has 196 valence electrons. The van der Waals surface area contributed by atoms with Gasteiger partial charge in [-0.15, -0.1) is 5.10 Å². The molecule has 0 saturated carbocycles. The highest BCUT2D eigenvalue weighted by atomic mass is 32.2. The van der Waals surface area contributed by atoms with Crippen molar-refractivity contribution in [2.45, 2.75) is 48.8 Å². The summed E-state index contributed by atoms with van der Waals surface area (Å²) in [6.07, 6.45) is -2.41. The molecule has 0 bridgehead atoms. The molecule has 3 aromatic rings. The van der Waals surface area contributed by atoms with E-state index in [9.17, 15) is 22.8 Å². The van der Waals surface area contributed by atoms with E-state index in [1.807, 2.05) is 0 Å². The van der Waals surface area contributed by atoms with Crippen LogP contribution in [0.15, 0.2) is 47.8 Å². The second kappa shape index (κ2) is 11.6. The minimum absolute atomic E-state index is 0.0736. The third-order valence-corrected chi connectivity index (χ3v) is 6.98. The molecule has 1 aliphatic rings. The number of aliphatic carboxylic acids is 1. The largest absolute Gasteiger partial charge is 0.481 e. The van der Waals surface area contributed by atoms with Crippen LogP contribution in [0.1, 0.15) is 36.1 Å². The summed E-state index contributed by atoms with van der Waals surface area (Å²) in [4.78, 5) is 28.9. The lowest BCUT2D eigenvalue weighted by molar-refractivity contribution is -0.138. The van der Waals surface area contributed by atoms with Gasteiger partial charge in [0, 0.05) is 36.7 Å². The molecule has 0 aliphatic carbocycles. The summed E-state index contributed by atoms with van der Waals surface area (Å²) < 4.78 is 45.0. The Hall–Kier alpha value is -3.68. The topological polar surface area (TPSA) is 123 Å². The quantitative estimate of drug-likeness (QED) is 0.456. The Morgan fingerprint density at radius 1 is 1.11 bits per heavy atom. The van der Waals surface area contributed by atoms with Crippen molar-refractivity contribution in [2.75, 3.05) is 13.1 Å². The van der Waals surface area contributed by atoms with E-state index in [4.69, 9.17) is 9.84 Å². The van der Waals surface area contributed by atoms with Crippen molar-refractivity contribution < 1.29 is 32.6 Å². The first kappa shape index (κ1) is 26.4. The lowest BCUT2D eigenvalue weighted by Gasteiger charge is -2.30. The first-order valence-electron chi connectivity index (χ1n) is 11.4. The van der Waals surface area contributed by atoms with E-state index in [1.54, 1.807) is 29.2 Å². The second-order valence-corrected chi connectivity index (χ2v) is 9.62. The van der Waals surface area contributed by atoms with Crippen LogP contribution < -0.4 is 4.74 Å². The van der Waals surface area contributed by atoms with Crippen LogP contribution in [0.3, 0.4) is 0 Å². The first-order valence-corrected chi connectivity index (χ1v) is 12.3. The summed E-state index contributed by atoms with van der Waals surface area (Å²) >= 11 is 1.47. The number of likely N-dealkylation sites (tertiary alicyclic amines) is 1. The Balaban J connectivity index is 1.23. The number of carbonyl (C=O) groups is 2.